The van der Waals surface area contributed by atoms with Crippen LogP contribution < -0.4 is 9.73 Å². The highest BCUT2D eigenvalue weighted by atomic mass is 35.5. The first-order chi connectivity index (χ1) is 14.8. The number of rotatable bonds is 5. The van der Waals surface area contributed by atoms with Crippen molar-refractivity contribution in [2.45, 2.75) is 4.90 Å². The molecule has 0 spiro atoms. The standard InChI is InChI=1S/C21H16ClFN4O3S/c1-26(15-8-6-14(23)7-9-15)31(29,30)16-10-11-18(22)17(12-16)21(28)25-27-13-24-19-4-2-3-5-20(19)27/h2-13H,1H3,(H,25,28). The van der Waals surface area contributed by atoms with E-state index in [1.54, 1.807) is 18.2 Å². The molecule has 158 valence electrons. The van der Waals surface area contributed by atoms with Crippen LogP contribution in [-0.2, 0) is 10.0 Å². The summed E-state index contributed by atoms with van der Waals surface area (Å²) >= 11 is 6.18. The number of aromatic nitrogens is 2. The van der Waals surface area contributed by atoms with E-state index in [1.807, 2.05) is 6.07 Å². The second-order valence-corrected chi connectivity index (χ2v) is 9.01. The normalized spacial score (nSPS) is 11.5. The van der Waals surface area contributed by atoms with Crippen molar-refractivity contribution < 1.29 is 17.6 Å². The van der Waals surface area contributed by atoms with Crippen molar-refractivity contribution in [1.29, 1.82) is 0 Å². The molecule has 4 rings (SSSR count). The van der Waals surface area contributed by atoms with Crippen LogP contribution in [0.3, 0.4) is 0 Å². The fraction of sp³-hybridized carbons (Fsp3) is 0.0476. The third-order valence-electron chi connectivity index (χ3n) is 4.71. The molecule has 0 aliphatic heterocycles. The van der Waals surface area contributed by atoms with Crippen LogP contribution >= 0.6 is 11.6 Å². The van der Waals surface area contributed by atoms with E-state index in [9.17, 15) is 17.6 Å². The Kier molecular flexibility index (Phi) is 5.38. The lowest BCUT2D eigenvalue weighted by Gasteiger charge is -2.20. The van der Waals surface area contributed by atoms with Gasteiger partial charge in [0, 0.05) is 7.05 Å². The molecule has 1 aromatic heterocycles. The lowest BCUT2D eigenvalue weighted by atomic mass is 10.2. The summed E-state index contributed by atoms with van der Waals surface area (Å²) in [6.07, 6.45) is 1.44. The number of carbonyl (C=O) groups excluding carboxylic acids is 1. The minimum atomic E-state index is -4.02. The molecule has 1 amide bonds. The number of anilines is 1. The van der Waals surface area contributed by atoms with E-state index in [1.165, 1.54) is 48.4 Å². The summed E-state index contributed by atoms with van der Waals surface area (Å²) in [5.41, 5.74) is 4.26. The molecular formula is C21H16ClFN4O3S. The third-order valence-corrected chi connectivity index (χ3v) is 6.82. The van der Waals surface area contributed by atoms with Crippen molar-refractivity contribution in [3.63, 3.8) is 0 Å². The number of halogens is 2. The molecule has 1 heterocycles. The van der Waals surface area contributed by atoms with E-state index in [2.05, 4.69) is 10.4 Å². The van der Waals surface area contributed by atoms with E-state index in [0.717, 1.165) is 16.4 Å². The van der Waals surface area contributed by atoms with Gasteiger partial charge in [-0.1, -0.05) is 23.7 Å². The summed E-state index contributed by atoms with van der Waals surface area (Å²) in [4.78, 5) is 16.9. The van der Waals surface area contributed by atoms with Crippen LogP contribution in [0.2, 0.25) is 5.02 Å². The zero-order valence-electron chi connectivity index (χ0n) is 16.2. The Labute approximate surface area is 182 Å². The van der Waals surface area contributed by atoms with Gasteiger partial charge in [0.1, 0.15) is 12.1 Å². The molecule has 0 aliphatic carbocycles. The van der Waals surface area contributed by atoms with E-state index in [-0.39, 0.29) is 21.2 Å². The molecule has 0 bridgehead atoms. The van der Waals surface area contributed by atoms with Gasteiger partial charge in [0.15, 0.2) is 0 Å². The first-order valence-electron chi connectivity index (χ1n) is 9.05. The van der Waals surface area contributed by atoms with Gasteiger partial charge in [-0.15, -0.1) is 0 Å². The van der Waals surface area contributed by atoms with Crippen molar-refractivity contribution in [2.75, 3.05) is 16.8 Å². The third kappa shape index (κ3) is 3.97. The number of hydrogen-bond donors (Lipinski definition) is 1. The number of nitrogens with zero attached hydrogens (tertiary/aromatic N) is 3. The van der Waals surface area contributed by atoms with Gasteiger partial charge in [0.05, 0.1) is 32.2 Å². The van der Waals surface area contributed by atoms with Gasteiger partial charge in [-0.2, -0.15) is 0 Å². The zero-order chi connectivity index (χ0) is 22.2. The number of amides is 1. The maximum absolute atomic E-state index is 13.2. The smallest absolute Gasteiger partial charge is 0.269 e. The molecule has 31 heavy (non-hydrogen) atoms. The first-order valence-corrected chi connectivity index (χ1v) is 10.9. The number of fused-ring (bicyclic) bond motifs is 1. The highest BCUT2D eigenvalue weighted by Crippen LogP contribution is 2.26. The summed E-state index contributed by atoms with van der Waals surface area (Å²) in [6.45, 7) is 0. The fourth-order valence-electron chi connectivity index (χ4n) is 3.00. The summed E-state index contributed by atoms with van der Waals surface area (Å²) in [7, 11) is -2.68. The van der Waals surface area contributed by atoms with Gasteiger partial charge in [-0.05, 0) is 54.6 Å². The molecule has 0 radical (unpaired) electrons. The molecule has 0 atom stereocenters. The zero-order valence-corrected chi connectivity index (χ0v) is 17.7. The van der Waals surface area contributed by atoms with E-state index in [4.69, 9.17) is 11.6 Å². The molecular weight excluding hydrogens is 443 g/mol. The minimum absolute atomic E-state index is 0.0203. The molecule has 0 unspecified atom stereocenters. The molecule has 0 saturated heterocycles. The molecule has 4 aromatic rings. The number of hydrogen-bond acceptors (Lipinski definition) is 4. The molecule has 0 fully saturated rings. The van der Waals surface area contributed by atoms with Gasteiger partial charge in [0.2, 0.25) is 0 Å². The van der Waals surface area contributed by atoms with Crippen LogP contribution in [-0.4, -0.2) is 31.0 Å². The highest BCUT2D eigenvalue weighted by molar-refractivity contribution is 7.92. The van der Waals surface area contributed by atoms with Crippen LogP contribution in [0.25, 0.3) is 11.0 Å². The van der Waals surface area contributed by atoms with Crippen molar-refractivity contribution in [2.24, 2.45) is 0 Å². The summed E-state index contributed by atoms with van der Waals surface area (Å²) in [6, 6.07) is 16.1. The summed E-state index contributed by atoms with van der Waals surface area (Å²) in [5.74, 6) is -1.08. The lowest BCUT2D eigenvalue weighted by molar-refractivity contribution is 0.101. The quantitative estimate of drug-likeness (QED) is 0.489. The van der Waals surface area contributed by atoms with Crippen molar-refractivity contribution >= 4 is 44.3 Å². The van der Waals surface area contributed by atoms with Crippen LogP contribution in [0.1, 0.15) is 10.4 Å². The Bertz CT molecular complexity index is 1390. The topological polar surface area (TPSA) is 84.3 Å². The fourth-order valence-corrected chi connectivity index (χ4v) is 4.43. The summed E-state index contributed by atoms with van der Waals surface area (Å²) < 4.78 is 41.7. The van der Waals surface area contributed by atoms with E-state index >= 15 is 0 Å². The van der Waals surface area contributed by atoms with Gasteiger partial charge >= 0.3 is 0 Å². The number of benzene rings is 3. The van der Waals surface area contributed by atoms with Crippen molar-refractivity contribution in [1.82, 2.24) is 9.66 Å². The number of sulfonamides is 1. The largest absolute Gasteiger partial charge is 0.271 e. The van der Waals surface area contributed by atoms with Crippen LogP contribution in [0, 0.1) is 5.82 Å². The maximum Gasteiger partial charge on any atom is 0.271 e. The summed E-state index contributed by atoms with van der Waals surface area (Å²) in [5, 5.41) is 0.0882. The average molecular weight is 459 g/mol. The number of para-hydroxylation sites is 2. The SMILES string of the molecule is CN(c1ccc(F)cc1)S(=O)(=O)c1ccc(Cl)c(C(=O)Nn2cnc3ccccc32)c1. The Morgan fingerprint density at radius 1 is 1.10 bits per heavy atom. The number of imidazole rings is 1. The predicted octanol–water partition coefficient (Wildman–Crippen LogP) is 4.04. The average Bonchev–Trinajstić information content (AvgIpc) is 3.16. The van der Waals surface area contributed by atoms with Gasteiger partial charge < -0.3 is 0 Å². The maximum atomic E-state index is 13.2. The molecule has 7 nitrogen and oxygen atoms in total. The second kappa shape index (κ2) is 8.01. The first kappa shape index (κ1) is 20.8. The number of carbonyl (C=O) groups is 1. The van der Waals surface area contributed by atoms with Crippen LogP contribution in [0.5, 0.6) is 0 Å². The molecule has 1 N–H and O–H groups in total. The monoisotopic (exact) mass is 458 g/mol. The van der Waals surface area contributed by atoms with E-state index < -0.39 is 21.7 Å². The Morgan fingerprint density at radius 2 is 1.81 bits per heavy atom. The second-order valence-electron chi connectivity index (χ2n) is 6.63. The Hall–Kier alpha value is -3.43. The van der Waals surface area contributed by atoms with Crippen LogP contribution in [0.4, 0.5) is 10.1 Å². The van der Waals surface area contributed by atoms with Crippen molar-refractivity contribution in [3.05, 3.63) is 89.5 Å². The molecule has 0 aliphatic rings. The molecule has 3 aromatic carbocycles. The Morgan fingerprint density at radius 3 is 2.55 bits per heavy atom. The molecule has 10 heteroatoms. The van der Waals surface area contributed by atoms with Gasteiger partial charge in [0.25, 0.3) is 15.9 Å². The van der Waals surface area contributed by atoms with Crippen molar-refractivity contribution in [3.8, 4) is 0 Å². The number of nitrogens with one attached hydrogen (secondary N) is 1. The van der Waals surface area contributed by atoms with Crippen LogP contribution in [0.15, 0.2) is 78.0 Å². The van der Waals surface area contributed by atoms with Gasteiger partial charge in [-0.25, -0.2) is 22.5 Å². The molecule has 0 saturated carbocycles. The van der Waals surface area contributed by atoms with Gasteiger partial charge in [-0.3, -0.25) is 14.5 Å². The highest BCUT2D eigenvalue weighted by Gasteiger charge is 2.24. The Balaban J connectivity index is 1.66. The predicted molar refractivity (Wildman–Crippen MR) is 117 cm³/mol. The lowest BCUT2D eigenvalue weighted by Crippen LogP contribution is -2.27. The minimum Gasteiger partial charge on any atom is -0.269 e. The van der Waals surface area contributed by atoms with E-state index in [0.29, 0.717) is 11.0 Å².